The molecule has 0 aromatic carbocycles. The van der Waals surface area contributed by atoms with E-state index in [2.05, 4.69) is 30.2 Å². The number of nitrogens with zero attached hydrogens (tertiary/aromatic N) is 4. The Morgan fingerprint density at radius 3 is 3.00 bits per heavy atom. The van der Waals surface area contributed by atoms with Crippen LogP contribution in [0.3, 0.4) is 0 Å². The molecule has 0 saturated heterocycles. The maximum atomic E-state index is 5.55. The van der Waals surface area contributed by atoms with Crippen molar-refractivity contribution in [3.05, 3.63) is 18.1 Å². The maximum absolute atomic E-state index is 5.55. The van der Waals surface area contributed by atoms with Crippen molar-refractivity contribution in [1.82, 2.24) is 20.3 Å². The quantitative estimate of drug-likeness (QED) is 0.728. The molecule has 2 heterocycles. The Kier molecular flexibility index (Phi) is 2.59. The van der Waals surface area contributed by atoms with Crippen LogP contribution in [0, 0.1) is 0 Å². The van der Waals surface area contributed by atoms with Crippen molar-refractivity contribution in [2.24, 2.45) is 5.73 Å². The van der Waals surface area contributed by atoms with Crippen LogP contribution >= 0.6 is 0 Å². The molecule has 0 fully saturated rings. The molecule has 3 N–H and O–H groups in total. The van der Waals surface area contributed by atoms with Crippen LogP contribution in [-0.4, -0.2) is 20.3 Å². The van der Waals surface area contributed by atoms with Gasteiger partial charge in [-0.05, 0) is 6.92 Å². The van der Waals surface area contributed by atoms with Crippen molar-refractivity contribution in [1.29, 1.82) is 0 Å². The van der Waals surface area contributed by atoms with Crippen molar-refractivity contribution in [3.63, 3.8) is 0 Å². The van der Waals surface area contributed by atoms with Gasteiger partial charge in [0.2, 0.25) is 12.3 Å². The van der Waals surface area contributed by atoms with Crippen LogP contribution in [0.15, 0.2) is 15.3 Å². The highest BCUT2D eigenvalue weighted by Crippen LogP contribution is 2.11. The summed E-state index contributed by atoms with van der Waals surface area (Å²) in [6.45, 7) is 2.12. The van der Waals surface area contributed by atoms with Gasteiger partial charge in [-0.1, -0.05) is 10.3 Å². The lowest BCUT2D eigenvalue weighted by molar-refractivity contribution is 0.410. The van der Waals surface area contributed by atoms with Gasteiger partial charge >= 0.3 is 6.01 Å². The lowest BCUT2D eigenvalue weighted by Gasteiger charge is -1.96. The summed E-state index contributed by atoms with van der Waals surface area (Å²) in [4.78, 5) is 3.82. The van der Waals surface area contributed by atoms with Gasteiger partial charge in [0, 0.05) is 0 Å². The van der Waals surface area contributed by atoms with E-state index >= 15 is 0 Å². The van der Waals surface area contributed by atoms with E-state index in [0.717, 1.165) is 0 Å². The molecule has 2 aromatic rings. The second-order valence-electron chi connectivity index (χ2n) is 2.94. The molecule has 8 heteroatoms. The Hall–Kier alpha value is -1.96. The lowest BCUT2D eigenvalue weighted by Crippen LogP contribution is -2.04. The lowest BCUT2D eigenvalue weighted by atomic mass is 10.4. The molecule has 2 aromatic heterocycles. The van der Waals surface area contributed by atoms with Gasteiger partial charge in [-0.25, -0.2) is 0 Å². The first-order valence-electron chi connectivity index (χ1n) is 4.34. The van der Waals surface area contributed by atoms with E-state index in [-0.39, 0.29) is 12.1 Å². The molecule has 0 aliphatic rings. The average molecular weight is 210 g/mol. The molecule has 0 saturated carbocycles. The standard InChI is InChI=1S/C7H10N6O2/c1-4(8)6-11-12-7(15-6)9-2-5-10-3-14-13-5/h3-4H,2,8H2,1H3,(H,9,12). The van der Waals surface area contributed by atoms with E-state index in [1.807, 2.05) is 0 Å². The first-order valence-corrected chi connectivity index (χ1v) is 4.34. The van der Waals surface area contributed by atoms with Crippen LogP contribution in [-0.2, 0) is 6.54 Å². The molecule has 1 atom stereocenters. The minimum absolute atomic E-state index is 0.279. The Labute approximate surface area is 84.9 Å². The van der Waals surface area contributed by atoms with Gasteiger partial charge in [0.15, 0.2) is 5.82 Å². The number of hydrogen-bond donors (Lipinski definition) is 2. The number of nitrogens with two attached hydrogens (primary N) is 1. The molecule has 0 bridgehead atoms. The predicted octanol–water partition coefficient (Wildman–Crippen LogP) is 0.0844. The van der Waals surface area contributed by atoms with Crippen LogP contribution in [0.1, 0.15) is 24.7 Å². The van der Waals surface area contributed by atoms with Crippen molar-refractivity contribution in [3.8, 4) is 0 Å². The van der Waals surface area contributed by atoms with Crippen LogP contribution in [0.4, 0.5) is 6.01 Å². The van der Waals surface area contributed by atoms with E-state index in [1.165, 1.54) is 6.39 Å². The van der Waals surface area contributed by atoms with E-state index in [9.17, 15) is 0 Å². The van der Waals surface area contributed by atoms with E-state index < -0.39 is 0 Å². The highest BCUT2D eigenvalue weighted by molar-refractivity contribution is 5.17. The Balaban J connectivity index is 1.94. The summed E-state index contributed by atoms with van der Waals surface area (Å²) >= 11 is 0. The largest absolute Gasteiger partial charge is 0.406 e. The van der Waals surface area contributed by atoms with Crippen LogP contribution in [0.25, 0.3) is 0 Å². The van der Waals surface area contributed by atoms with Gasteiger partial charge in [0.05, 0.1) is 12.6 Å². The van der Waals surface area contributed by atoms with Gasteiger partial charge < -0.3 is 20.0 Å². The first kappa shape index (κ1) is 9.59. The third kappa shape index (κ3) is 2.29. The Morgan fingerprint density at radius 1 is 1.53 bits per heavy atom. The summed E-state index contributed by atoms with van der Waals surface area (Å²) in [5.74, 6) is 0.890. The molecule has 80 valence electrons. The first-order chi connectivity index (χ1) is 7.25. The third-order valence-electron chi connectivity index (χ3n) is 1.63. The predicted molar refractivity (Wildman–Crippen MR) is 48.5 cm³/mol. The molecule has 1 unspecified atom stereocenters. The summed E-state index contributed by atoms with van der Waals surface area (Å²) in [5.41, 5.74) is 5.55. The number of aromatic nitrogens is 4. The molecule has 0 spiro atoms. The third-order valence-corrected chi connectivity index (χ3v) is 1.63. The Bertz CT molecular complexity index is 409. The summed E-state index contributed by atoms with van der Waals surface area (Å²) in [6.07, 6.45) is 1.25. The highest BCUT2D eigenvalue weighted by atomic mass is 16.5. The van der Waals surface area contributed by atoms with E-state index in [1.54, 1.807) is 6.92 Å². The second kappa shape index (κ2) is 4.05. The fourth-order valence-corrected chi connectivity index (χ4v) is 0.915. The molecule has 0 radical (unpaired) electrons. The van der Waals surface area contributed by atoms with E-state index in [4.69, 9.17) is 10.2 Å². The van der Waals surface area contributed by atoms with Gasteiger partial charge in [0.1, 0.15) is 0 Å². The fourth-order valence-electron chi connectivity index (χ4n) is 0.915. The van der Waals surface area contributed by atoms with Gasteiger partial charge in [-0.2, -0.15) is 4.98 Å². The highest BCUT2D eigenvalue weighted by Gasteiger charge is 2.09. The minimum atomic E-state index is -0.279. The number of rotatable bonds is 4. The molecule has 0 amide bonds. The molecular weight excluding hydrogens is 200 g/mol. The van der Waals surface area contributed by atoms with Crippen LogP contribution in [0.5, 0.6) is 0 Å². The topological polar surface area (TPSA) is 116 Å². The van der Waals surface area contributed by atoms with Crippen LogP contribution < -0.4 is 11.1 Å². The van der Waals surface area contributed by atoms with Gasteiger partial charge in [-0.3, -0.25) is 0 Å². The minimum Gasteiger partial charge on any atom is -0.406 e. The number of nitrogens with one attached hydrogen (secondary N) is 1. The zero-order chi connectivity index (χ0) is 10.7. The average Bonchev–Trinajstić information content (AvgIpc) is 2.86. The summed E-state index contributed by atoms with van der Waals surface area (Å²) in [6, 6.07) is 0.00493. The SMILES string of the molecule is CC(N)c1nnc(NCc2ncon2)o1. The molecular formula is C7H10N6O2. The zero-order valence-electron chi connectivity index (χ0n) is 8.04. The smallest absolute Gasteiger partial charge is 0.315 e. The van der Waals surface area contributed by atoms with Crippen molar-refractivity contribution in [2.45, 2.75) is 19.5 Å². The van der Waals surface area contributed by atoms with Crippen molar-refractivity contribution in [2.75, 3.05) is 5.32 Å². The Morgan fingerprint density at radius 2 is 2.40 bits per heavy atom. The fraction of sp³-hybridized carbons (Fsp3) is 0.429. The monoisotopic (exact) mass is 210 g/mol. The molecule has 0 aliphatic heterocycles. The van der Waals surface area contributed by atoms with E-state index in [0.29, 0.717) is 18.3 Å². The maximum Gasteiger partial charge on any atom is 0.315 e. The molecule has 15 heavy (non-hydrogen) atoms. The normalized spacial score (nSPS) is 12.7. The zero-order valence-corrected chi connectivity index (χ0v) is 8.04. The number of hydrogen-bond acceptors (Lipinski definition) is 8. The second-order valence-corrected chi connectivity index (χ2v) is 2.94. The molecule has 2 rings (SSSR count). The summed E-state index contributed by atoms with van der Waals surface area (Å²) in [7, 11) is 0. The van der Waals surface area contributed by atoms with Gasteiger partial charge in [0.25, 0.3) is 0 Å². The molecule has 8 nitrogen and oxygen atoms in total. The van der Waals surface area contributed by atoms with Crippen molar-refractivity contribution >= 4 is 6.01 Å². The summed E-state index contributed by atoms with van der Waals surface area (Å²) in [5, 5.41) is 13.9. The van der Waals surface area contributed by atoms with Gasteiger partial charge in [-0.15, -0.1) is 5.10 Å². The molecule has 0 aliphatic carbocycles. The number of anilines is 1. The van der Waals surface area contributed by atoms with Crippen LogP contribution in [0.2, 0.25) is 0 Å². The van der Waals surface area contributed by atoms with Crippen molar-refractivity contribution < 1.29 is 8.94 Å². The summed E-state index contributed by atoms with van der Waals surface area (Å²) < 4.78 is 9.76.